The number of benzene rings is 3. The van der Waals surface area contributed by atoms with Crippen molar-refractivity contribution in [2.24, 2.45) is 0 Å². The van der Waals surface area contributed by atoms with E-state index in [0.717, 1.165) is 16.0 Å². The summed E-state index contributed by atoms with van der Waals surface area (Å²) in [6.07, 6.45) is 2.34. The first-order valence-electron chi connectivity index (χ1n) is 11.3. The van der Waals surface area contributed by atoms with Crippen molar-refractivity contribution in [3.05, 3.63) is 107 Å². The first kappa shape index (κ1) is 23.8. The third-order valence-corrected chi connectivity index (χ3v) is 7.12. The van der Waals surface area contributed by atoms with Crippen molar-refractivity contribution in [1.29, 1.82) is 0 Å². The van der Waals surface area contributed by atoms with Gasteiger partial charge in [0.15, 0.2) is 0 Å². The number of hydrogen-bond donors (Lipinski definition) is 1. The lowest BCUT2D eigenvalue weighted by molar-refractivity contribution is -0.125. The molecule has 6 heteroatoms. The van der Waals surface area contributed by atoms with Gasteiger partial charge in [0.25, 0.3) is 11.8 Å². The van der Waals surface area contributed by atoms with E-state index in [9.17, 15) is 14.4 Å². The molecule has 34 heavy (non-hydrogen) atoms. The molecule has 0 aromatic heterocycles. The summed E-state index contributed by atoms with van der Waals surface area (Å²) in [4.78, 5) is 40.8. The van der Waals surface area contributed by atoms with Gasteiger partial charge in [0, 0.05) is 12.0 Å². The Kier molecular flexibility index (Phi) is 7.17. The highest BCUT2D eigenvalue weighted by Gasteiger charge is 2.42. The summed E-state index contributed by atoms with van der Waals surface area (Å²) in [5.74, 6) is -0.478. The lowest BCUT2D eigenvalue weighted by Crippen LogP contribution is -2.52. The highest BCUT2D eigenvalue weighted by molar-refractivity contribution is 7.98. The first-order chi connectivity index (χ1) is 16.5. The van der Waals surface area contributed by atoms with Gasteiger partial charge in [0.05, 0.1) is 11.1 Å². The Morgan fingerprint density at radius 1 is 0.853 bits per heavy atom. The van der Waals surface area contributed by atoms with E-state index in [1.54, 1.807) is 36.0 Å². The normalized spacial score (nSPS) is 14.1. The Morgan fingerprint density at radius 3 is 1.79 bits per heavy atom. The fourth-order valence-electron chi connectivity index (χ4n) is 4.46. The minimum atomic E-state index is -0.865. The fourth-order valence-corrected chi connectivity index (χ4v) is 4.92. The summed E-state index contributed by atoms with van der Waals surface area (Å²) >= 11 is 1.58. The van der Waals surface area contributed by atoms with E-state index in [2.05, 4.69) is 36.5 Å². The van der Waals surface area contributed by atoms with Gasteiger partial charge in [-0.2, -0.15) is 11.8 Å². The van der Waals surface area contributed by atoms with Crippen LogP contribution in [0.4, 0.5) is 0 Å². The standard InChI is InChI=1S/C28H28N2O3S/c1-28(20-11-5-3-6-12-20,21-13-7-4-8-14-21)19-29-25(31)24(17-18-34-2)30-26(32)22-15-9-10-16-23(22)27(30)33/h3-16,24H,17-19H2,1-2H3,(H,29,31). The third-order valence-electron chi connectivity index (χ3n) is 6.47. The molecule has 1 aliphatic rings. The van der Waals surface area contributed by atoms with Gasteiger partial charge in [-0.3, -0.25) is 19.3 Å². The predicted molar refractivity (Wildman–Crippen MR) is 136 cm³/mol. The summed E-state index contributed by atoms with van der Waals surface area (Å²) < 4.78 is 0. The zero-order valence-corrected chi connectivity index (χ0v) is 20.2. The van der Waals surface area contributed by atoms with Crippen LogP contribution in [-0.2, 0) is 10.2 Å². The maximum atomic E-state index is 13.5. The molecule has 0 saturated heterocycles. The van der Waals surface area contributed by atoms with Crippen LogP contribution in [0.5, 0.6) is 0 Å². The van der Waals surface area contributed by atoms with E-state index < -0.39 is 23.3 Å². The molecule has 3 amide bonds. The maximum absolute atomic E-state index is 13.5. The topological polar surface area (TPSA) is 66.5 Å². The van der Waals surface area contributed by atoms with Crippen molar-refractivity contribution in [1.82, 2.24) is 10.2 Å². The second-order valence-electron chi connectivity index (χ2n) is 8.61. The second kappa shape index (κ2) is 10.3. The second-order valence-corrected chi connectivity index (χ2v) is 9.59. The summed E-state index contributed by atoms with van der Waals surface area (Å²) in [6.45, 7) is 2.43. The number of rotatable bonds is 9. The molecule has 0 radical (unpaired) electrons. The van der Waals surface area contributed by atoms with Gasteiger partial charge < -0.3 is 5.32 Å². The minimum Gasteiger partial charge on any atom is -0.353 e. The quantitative estimate of drug-likeness (QED) is 0.465. The average Bonchev–Trinajstić information content (AvgIpc) is 3.14. The van der Waals surface area contributed by atoms with E-state index in [0.29, 0.717) is 29.8 Å². The summed E-state index contributed by atoms with van der Waals surface area (Å²) in [5, 5.41) is 3.08. The average molecular weight is 473 g/mol. The number of imide groups is 1. The summed E-state index contributed by atoms with van der Waals surface area (Å²) in [7, 11) is 0. The molecule has 1 N–H and O–H groups in total. The monoisotopic (exact) mass is 472 g/mol. The van der Waals surface area contributed by atoms with Gasteiger partial charge in [0.2, 0.25) is 5.91 Å². The molecule has 0 spiro atoms. The van der Waals surface area contributed by atoms with Crippen LogP contribution in [0.3, 0.4) is 0 Å². The number of fused-ring (bicyclic) bond motifs is 1. The van der Waals surface area contributed by atoms with Crippen LogP contribution >= 0.6 is 11.8 Å². The number of nitrogens with zero attached hydrogens (tertiary/aromatic N) is 1. The largest absolute Gasteiger partial charge is 0.353 e. The number of carbonyl (C=O) groups excluding carboxylic acids is 3. The molecule has 5 nitrogen and oxygen atoms in total. The Labute approximate surface area is 204 Å². The molecule has 0 bridgehead atoms. The summed E-state index contributed by atoms with van der Waals surface area (Å²) in [5.41, 5.74) is 2.37. The van der Waals surface area contributed by atoms with Gasteiger partial charge >= 0.3 is 0 Å². The van der Waals surface area contributed by atoms with Gasteiger partial charge in [0.1, 0.15) is 6.04 Å². The van der Waals surface area contributed by atoms with Crippen molar-refractivity contribution in [3.63, 3.8) is 0 Å². The molecular weight excluding hydrogens is 444 g/mol. The number of amides is 3. The third kappa shape index (κ3) is 4.50. The van der Waals surface area contributed by atoms with Crippen LogP contribution in [0.15, 0.2) is 84.9 Å². The molecule has 1 unspecified atom stereocenters. The SMILES string of the molecule is CSCCC(C(=O)NCC(C)(c1ccccc1)c1ccccc1)N1C(=O)c2ccccc2C1=O. The molecular formula is C28H28N2O3S. The fraction of sp³-hybridized carbons (Fsp3) is 0.250. The van der Waals surface area contributed by atoms with E-state index in [-0.39, 0.29) is 5.91 Å². The highest BCUT2D eigenvalue weighted by atomic mass is 32.2. The molecule has 0 aliphatic carbocycles. The summed E-state index contributed by atoms with van der Waals surface area (Å²) in [6, 6.07) is 25.9. The Morgan fingerprint density at radius 2 is 1.32 bits per heavy atom. The van der Waals surface area contributed by atoms with E-state index >= 15 is 0 Å². The highest BCUT2D eigenvalue weighted by Crippen LogP contribution is 2.32. The van der Waals surface area contributed by atoms with Crippen molar-refractivity contribution in [2.75, 3.05) is 18.6 Å². The molecule has 3 aromatic rings. The van der Waals surface area contributed by atoms with Crippen LogP contribution in [0.25, 0.3) is 0 Å². The zero-order chi connectivity index (χ0) is 24.1. The van der Waals surface area contributed by atoms with Crippen LogP contribution in [0, 0.1) is 0 Å². The molecule has 1 heterocycles. The maximum Gasteiger partial charge on any atom is 0.262 e. The molecule has 1 aliphatic heterocycles. The molecule has 3 aromatic carbocycles. The molecule has 174 valence electrons. The lowest BCUT2D eigenvalue weighted by atomic mass is 9.76. The Hall–Kier alpha value is -3.38. The van der Waals surface area contributed by atoms with E-state index in [1.165, 1.54) is 0 Å². The molecule has 4 rings (SSSR count). The van der Waals surface area contributed by atoms with Gasteiger partial charge in [-0.15, -0.1) is 0 Å². The number of nitrogens with one attached hydrogen (secondary N) is 1. The Bertz CT molecular complexity index is 1110. The Balaban J connectivity index is 1.61. The predicted octanol–water partition coefficient (Wildman–Crippen LogP) is 4.53. The van der Waals surface area contributed by atoms with Crippen LogP contribution < -0.4 is 5.32 Å². The molecule has 1 atom stereocenters. The zero-order valence-electron chi connectivity index (χ0n) is 19.4. The van der Waals surface area contributed by atoms with Gasteiger partial charge in [-0.1, -0.05) is 72.8 Å². The van der Waals surface area contributed by atoms with Crippen LogP contribution in [-0.4, -0.2) is 47.2 Å². The van der Waals surface area contributed by atoms with Gasteiger partial charge in [-0.25, -0.2) is 0 Å². The number of thioether (sulfide) groups is 1. The van der Waals surface area contributed by atoms with Crippen molar-refractivity contribution < 1.29 is 14.4 Å². The van der Waals surface area contributed by atoms with E-state index in [1.807, 2.05) is 42.7 Å². The van der Waals surface area contributed by atoms with Crippen molar-refractivity contribution in [3.8, 4) is 0 Å². The van der Waals surface area contributed by atoms with Crippen molar-refractivity contribution in [2.45, 2.75) is 24.8 Å². The number of hydrogen-bond acceptors (Lipinski definition) is 4. The smallest absolute Gasteiger partial charge is 0.262 e. The van der Waals surface area contributed by atoms with Crippen LogP contribution in [0.1, 0.15) is 45.2 Å². The molecule has 0 saturated carbocycles. The van der Waals surface area contributed by atoms with Crippen molar-refractivity contribution >= 4 is 29.5 Å². The van der Waals surface area contributed by atoms with Crippen LogP contribution in [0.2, 0.25) is 0 Å². The minimum absolute atomic E-state index is 0.318. The first-order valence-corrected chi connectivity index (χ1v) is 12.7. The van der Waals surface area contributed by atoms with E-state index in [4.69, 9.17) is 0 Å². The molecule has 0 fully saturated rings. The van der Waals surface area contributed by atoms with Gasteiger partial charge in [-0.05, 0) is 48.6 Å². The lowest BCUT2D eigenvalue weighted by Gasteiger charge is -2.33. The number of carbonyl (C=O) groups is 3.